The maximum atomic E-state index is 12.2. The van der Waals surface area contributed by atoms with Crippen LogP contribution in [0.1, 0.15) is 35.9 Å². The van der Waals surface area contributed by atoms with E-state index in [0.717, 1.165) is 24.6 Å². The Bertz CT molecular complexity index is 747. The van der Waals surface area contributed by atoms with Crippen molar-refractivity contribution in [3.8, 4) is 0 Å². The summed E-state index contributed by atoms with van der Waals surface area (Å²) in [7, 11) is 0. The van der Waals surface area contributed by atoms with Crippen molar-refractivity contribution in [2.45, 2.75) is 31.8 Å². The molecule has 25 heavy (non-hydrogen) atoms. The van der Waals surface area contributed by atoms with Crippen LogP contribution in [0, 0.1) is 6.92 Å². The molecule has 0 bridgehead atoms. The Hall–Kier alpha value is -2.55. The van der Waals surface area contributed by atoms with Gasteiger partial charge in [-0.3, -0.25) is 4.79 Å². The van der Waals surface area contributed by atoms with E-state index in [-0.39, 0.29) is 11.7 Å². The fourth-order valence-electron chi connectivity index (χ4n) is 1.92. The molecule has 0 saturated heterocycles. The van der Waals surface area contributed by atoms with Gasteiger partial charge in [-0.05, 0) is 25.5 Å². The topological polar surface area (TPSA) is 112 Å². The number of rotatable bonds is 8. The van der Waals surface area contributed by atoms with Crippen molar-refractivity contribution in [3.05, 3.63) is 35.7 Å². The molecule has 0 saturated carbocycles. The molecule has 1 aromatic heterocycles. The summed E-state index contributed by atoms with van der Waals surface area (Å²) in [6.45, 7) is 4.10. The number of aromatic nitrogens is 3. The second-order valence-corrected chi connectivity index (χ2v) is 6.21. The number of unbranched alkanes of at least 4 members (excludes halogenated alkanes) is 1. The van der Waals surface area contributed by atoms with Gasteiger partial charge in [-0.2, -0.15) is 0 Å². The smallest absolute Gasteiger partial charge is 0.340 e. The summed E-state index contributed by atoms with van der Waals surface area (Å²) >= 11 is 1.16. The lowest BCUT2D eigenvalue weighted by Gasteiger charge is -2.10. The molecular weight excluding hydrogens is 342 g/mol. The molecule has 0 unspecified atom stereocenters. The van der Waals surface area contributed by atoms with Gasteiger partial charge in [0, 0.05) is 0 Å². The van der Waals surface area contributed by atoms with Crippen LogP contribution >= 0.6 is 11.8 Å². The van der Waals surface area contributed by atoms with Crippen LogP contribution in [0.2, 0.25) is 0 Å². The van der Waals surface area contributed by atoms with Crippen LogP contribution in [0.3, 0.4) is 0 Å². The van der Waals surface area contributed by atoms with Crippen molar-refractivity contribution in [1.82, 2.24) is 14.9 Å². The van der Waals surface area contributed by atoms with Gasteiger partial charge < -0.3 is 15.9 Å². The molecule has 0 spiro atoms. The van der Waals surface area contributed by atoms with Crippen LogP contribution in [0.4, 0.5) is 5.69 Å². The molecule has 0 fully saturated rings. The first-order chi connectivity index (χ1) is 12.0. The molecule has 0 atom stereocenters. The lowest BCUT2D eigenvalue weighted by molar-refractivity contribution is -0.113. The molecule has 3 N–H and O–H groups in total. The highest BCUT2D eigenvalue weighted by Gasteiger charge is 2.15. The van der Waals surface area contributed by atoms with Gasteiger partial charge in [0.15, 0.2) is 0 Å². The summed E-state index contributed by atoms with van der Waals surface area (Å²) in [6.07, 6.45) is 1.74. The average Bonchev–Trinajstić information content (AvgIpc) is 2.92. The lowest BCUT2D eigenvalue weighted by atomic mass is 10.2. The van der Waals surface area contributed by atoms with Crippen molar-refractivity contribution >= 4 is 29.3 Å². The van der Waals surface area contributed by atoms with Gasteiger partial charge in [0.1, 0.15) is 5.82 Å². The molecule has 134 valence electrons. The van der Waals surface area contributed by atoms with Gasteiger partial charge in [-0.25, -0.2) is 9.47 Å². The van der Waals surface area contributed by atoms with E-state index >= 15 is 0 Å². The maximum absolute atomic E-state index is 12.2. The van der Waals surface area contributed by atoms with Crippen molar-refractivity contribution < 1.29 is 14.3 Å². The number of nitrogens with two attached hydrogens (primary N) is 1. The number of esters is 1. The van der Waals surface area contributed by atoms with Crippen molar-refractivity contribution in [3.63, 3.8) is 0 Å². The van der Waals surface area contributed by atoms with Gasteiger partial charge in [0.05, 0.1) is 23.6 Å². The largest absolute Gasteiger partial charge is 0.462 e. The zero-order chi connectivity index (χ0) is 18.2. The van der Waals surface area contributed by atoms with Crippen LogP contribution in [0.25, 0.3) is 0 Å². The van der Waals surface area contributed by atoms with Gasteiger partial charge in [0.25, 0.3) is 0 Å². The molecule has 1 heterocycles. The molecule has 1 aromatic carbocycles. The van der Waals surface area contributed by atoms with Crippen LogP contribution in [0.15, 0.2) is 29.4 Å². The number of anilines is 1. The minimum Gasteiger partial charge on any atom is -0.462 e. The number of aryl methyl sites for hydroxylation is 1. The number of nitrogens with one attached hydrogen (secondary N) is 1. The van der Waals surface area contributed by atoms with E-state index in [1.807, 2.05) is 6.92 Å². The van der Waals surface area contributed by atoms with Crippen molar-refractivity contribution in [1.29, 1.82) is 0 Å². The molecule has 8 nitrogen and oxygen atoms in total. The zero-order valence-corrected chi connectivity index (χ0v) is 15.0. The third-order valence-electron chi connectivity index (χ3n) is 3.32. The first-order valence-electron chi connectivity index (χ1n) is 7.88. The molecule has 0 radical (unpaired) electrons. The minimum absolute atomic E-state index is 0.0918. The number of hydrogen-bond donors (Lipinski definition) is 2. The number of hydrogen-bond acceptors (Lipinski definition) is 7. The Kier molecular flexibility index (Phi) is 6.81. The zero-order valence-electron chi connectivity index (χ0n) is 14.2. The van der Waals surface area contributed by atoms with Crippen LogP contribution in [0.5, 0.6) is 0 Å². The SMILES string of the molecule is CCCCOC(=O)c1ccccc1NC(=O)CSc1nnc(C)n1N. The molecular formula is C16H21N5O3S. The predicted molar refractivity (Wildman–Crippen MR) is 95.9 cm³/mol. The number of amides is 1. The number of nitrogens with zero attached hydrogens (tertiary/aromatic N) is 3. The molecule has 0 aliphatic carbocycles. The normalized spacial score (nSPS) is 10.5. The fraction of sp³-hybridized carbons (Fsp3) is 0.375. The Morgan fingerprint density at radius 1 is 1.32 bits per heavy atom. The van der Waals surface area contributed by atoms with Gasteiger partial charge in [-0.15, -0.1) is 10.2 Å². The summed E-state index contributed by atoms with van der Waals surface area (Å²) in [4.78, 5) is 24.3. The second kappa shape index (κ2) is 9.07. The lowest BCUT2D eigenvalue weighted by Crippen LogP contribution is -2.18. The van der Waals surface area contributed by atoms with Gasteiger partial charge >= 0.3 is 5.97 Å². The molecule has 0 aliphatic heterocycles. The third-order valence-corrected chi connectivity index (χ3v) is 4.26. The summed E-state index contributed by atoms with van der Waals surface area (Å²) in [5.74, 6) is 5.66. The van der Waals surface area contributed by atoms with E-state index in [2.05, 4.69) is 15.5 Å². The molecule has 2 aromatic rings. The quantitative estimate of drug-likeness (QED) is 0.319. The van der Waals surface area contributed by atoms with E-state index in [1.54, 1.807) is 31.2 Å². The van der Waals surface area contributed by atoms with Gasteiger partial charge in [-0.1, -0.05) is 37.2 Å². The number of para-hydroxylation sites is 1. The number of ether oxygens (including phenoxy) is 1. The number of carbonyl (C=O) groups excluding carboxylic acids is 2. The van der Waals surface area contributed by atoms with Crippen LogP contribution in [-0.2, 0) is 9.53 Å². The monoisotopic (exact) mass is 363 g/mol. The van der Waals surface area contributed by atoms with E-state index in [4.69, 9.17) is 10.6 Å². The van der Waals surface area contributed by atoms with E-state index in [0.29, 0.717) is 28.8 Å². The van der Waals surface area contributed by atoms with Crippen molar-refractivity contribution in [2.75, 3.05) is 23.5 Å². The molecule has 0 aliphatic rings. The molecule has 1 amide bonds. The summed E-state index contributed by atoms with van der Waals surface area (Å²) in [5.41, 5.74) is 0.745. The molecule has 9 heteroatoms. The number of carbonyl (C=O) groups is 2. The number of nitrogen functional groups attached to an aromatic ring is 1. The molecule has 2 rings (SSSR count). The van der Waals surface area contributed by atoms with Crippen LogP contribution < -0.4 is 11.2 Å². The third kappa shape index (κ3) is 5.21. The first kappa shape index (κ1) is 18.8. The number of thioether (sulfide) groups is 1. The van der Waals surface area contributed by atoms with Crippen molar-refractivity contribution in [2.24, 2.45) is 0 Å². The Labute approximate surface area is 150 Å². The number of benzene rings is 1. The van der Waals surface area contributed by atoms with E-state index in [1.165, 1.54) is 4.68 Å². The first-order valence-corrected chi connectivity index (χ1v) is 8.87. The second-order valence-electron chi connectivity index (χ2n) is 5.27. The van der Waals surface area contributed by atoms with Gasteiger partial charge in [0.2, 0.25) is 11.1 Å². The highest BCUT2D eigenvalue weighted by atomic mass is 32.2. The standard InChI is InChI=1S/C16H21N5O3S/c1-3-4-9-24-15(23)12-7-5-6-8-13(12)18-14(22)10-25-16-20-19-11(2)21(16)17/h5-8H,3-4,9-10,17H2,1-2H3,(H,18,22). The average molecular weight is 363 g/mol. The van der Waals surface area contributed by atoms with E-state index in [9.17, 15) is 9.59 Å². The Morgan fingerprint density at radius 2 is 2.08 bits per heavy atom. The van der Waals surface area contributed by atoms with Crippen LogP contribution in [-0.4, -0.2) is 39.1 Å². The fourth-order valence-corrected chi connectivity index (χ4v) is 2.62. The summed E-state index contributed by atoms with van der Waals surface area (Å²) < 4.78 is 6.52. The van der Waals surface area contributed by atoms with E-state index < -0.39 is 5.97 Å². The Balaban J connectivity index is 1.96. The Morgan fingerprint density at radius 3 is 2.76 bits per heavy atom. The predicted octanol–water partition coefficient (Wildman–Crippen LogP) is 1.99. The minimum atomic E-state index is -0.450. The highest BCUT2D eigenvalue weighted by molar-refractivity contribution is 7.99. The maximum Gasteiger partial charge on any atom is 0.340 e. The highest BCUT2D eigenvalue weighted by Crippen LogP contribution is 2.18. The summed E-state index contributed by atoms with van der Waals surface area (Å²) in [6, 6.07) is 6.75. The summed E-state index contributed by atoms with van der Waals surface area (Å²) in [5, 5.41) is 10.9.